The minimum Gasteiger partial charge on any atom is -0.385 e. The number of nitrogen functional groups attached to an aromatic ring is 1. The molecule has 0 radical (unpaired) electrons. The highest BCUT2D eigenvalue weighted by Gasteiger charge is 2.56. The largest absolute Gasteiger partial charge is 0.490 e. The Hall–Kier alpha value is -1.36. The van der Waals surface area contributed by atoms with E-state index in [0.29, 0.717) is 0 Å². The first-order valence-corrected chi connectivity index (χ1v) is 12.7. The number of anilines is 1. The SMILES string of the molecule is Nc1ncnn2c([C@@H]3O[C@](N)(COP(=O)(O)OP(=O)(O)OP(=O)(O)O)[C@@H](O)[C@H]3F)ccc12. The van der Waals surface area contributed by atoms with Crippen molar-refractivity contribution in [3.8, 4) is 0 Å². The van der Waals surface area contributed by atoms with E-state index in [1.54, 1.807) is 0 Å². The van der Waals surface area contributed by atoms with Gasteiger partial charge in [0.1, 0.15) is 30.7 Å². The molecule has 0 aliphatic carbocycles. The Balaban J connectivity index is 1.76. The van der Waals surface area contributed by atoms with E-state index in [9.17, 15) is 28.1 Å². The predicted octanol–water partition coefficient (Wildman–Crippen LogP) is -0.920. The highest BCUT2D eigenvalue weighted by Crippen LogP contribution is 2.66. The van der Waals surface area contributed by atoms with Crippen LogP contribution in [0.4, 0.5) is 10.2 Å². The third-order valence-electron chi connectivity index (χ3n) is 4.11. The third-order valence-corrected chi connectivity index (χ3v) is 7.89. The van der Waals surface area contributed by atoms with Gasteiger partial charge in [0.05, 0.1) is 5.69 Å². The molecule has 32 heavy (non-hydrogen) atoms. The fraction of sp³-hybridized carbons (Fsp3) is 0.455. The molecule has 1 saturated heterocycles. The normalized spacial score (nSPS) is 30.3. The number of aromatic nitrogens is 3. The van der Waals surface area contributed by atoms with Crippen LogP contribution in [0.3, 0.4) is 0 Å². The van der Waals surface area contributed by atoms with Crippen LogP contribution >= 0.6 is 23.5 Å². The second kappa shape index (κ2) is 8.45. The highest BCUT2D eigenvalue weighted by atomic mass is 31.3. The predicted molar refractivity (Wildman–Crippen MR) is 98.9 cm³/mol. The number of hydrogen-bond acceptors (Lipinski definition) is 12. The van der Waals surface area contributed by atoms with Gasteiger partial charge in [-0.05, 0) is 12.1 Å². The first-order valence-electron chi connectivity index (χ1n) is 8.19. The van der Waals surface area contributed by atoms with Gasteiger partial charge >= 0.3 is 23.5 Å². The average molecular weight is 523 g/mol. The number of ether oxygens (including phenoxy) is 1. The number of hydrogen-bond donors (Lipinski definition) is 7. The topological polar surface area (TPSA) is 272 Å². The summed E-state index contributed by atoms with van der Waals surface area (Å²) in [5.41, 5.74) is 9.31. The number of nitrogens with two attached hydrogens (primary N) is 2. The second-order valence-corrected chi connectivity index (χ2v) is 10.9. The van der Waals surface area contributed by atoms with Crippen LogP contribution in [0.1, 0.15) is 11.8 Å². The molecule has 0 amide bonds. The van der Waals surface area contributed by atoms with Crippen LogP contribution in [0.25, 0.3) is 5.52 Å². The van der Waals surface area contributed by atoms with Crippen LogP contribution in [0.2, 0.25) is 0 Å². The Morgan fingerprint density at radius 2 is 1.84 bits per heavy atom. The lowest BCUT2D eigenvalue weighted by Gasteiger charge is -2.27. The van der Waals surface area contributed by atoms with Crippen LogP contribution in [0.15, 0.2) is 18.5 Å². The summed E-state index contributed by atoms with van der Waals surface area (Å²) in [6.45, 7) is -1.27. The van der Waals surface area contributed by atoms with Crippen molar-refractivity contribution in [3.63, 3.8) is 0 Å². The number of phosphoric ester groups is 1. The smallest absolute Gasteiger partial charge is 0.385 e. The zero-order valence-electron chi connectivity index (χ0n) is 15.5. The van der Waals surface area contributed by atoms with E-state index >= 15 is 0 Å². The fourth-order valence-corrected chi connectivity index (χ4v) is 5.88. The number of phosphoric acid groups is 3. The van der Waals surface area contributed by atoms with Gasteiger partial charge in [-0.3, -0.25) is 10.3 Å². The van der Waals surface area contributed by atoms with Gasteiger partial charge in [0.25, 0.3) is 0 Å². The molecule has 0 spiro atoms. The number of aliphatic hydroxyl groups excluding tert-OH is 1. The maximum absolute atomic E-state index is 14.8. The number of halogens is 1. The molecule has 3 rings (SSSR count). The Bertz CT molecular complexity index is 1160. The maximum Gasteiger partial charge on any atom is 0.490 e. The van der Waals surface area contributed by atoms with E-state index < -0.39 is 54.2 Å². The molecular weight excluding hydrogens is 506 g/mol. The van der Waals surface area contributed by atoms with E-state index in [0.717, 1.165) is 6.33 Å². The minimum atomic E-state index is -5.78. The van der Waals surface area contributed by atoms with Gasteiger partial charge in [-0.25, -0.2) is 27.6 Å². The zero-order valence-corrected chi connectivity index (χ0v) is 18.2. The van der Waals surface area contributed by atoms with Gasteiger partial charge in [-0.15, -0.1) is 0 Å². The Morgan fingerprint density at radius 3 is 2.47 bits per heavy atom. The van der Waals surface area contributed by atoms with Gasteiger partial charge < -0.3 is 35.2 Å². The second-order valence-electron chi connectivity index (χ2n) is 6.45. The lowest BCUT2D eigenvalue weighted by atomic mass is 10.0. The molecule has 180 valence electrons. The lowest BCUT2D eigenvalue weighted by molar-refractivity contribution is -0.107. The van der Waals surface area contributed by atoms with Crippen molar-refractivity contribution in [1.29, 1.82) is 0 Å². The van der Waals surface area contributed by atoms with E-state index in [1.807, 2.05) is 0 Å². The van der Waals surface area contributed by atoms with Crippen molar-refractivity contribution in [3.05, 3.63) is 24.2 Å². The minimum absolute atomic E-state index is 0.0475. The van der Waals surface area contributed by atoms with Crippen LogP contribution in [-0.2, 0) is 31.6 Å². The van der Waals surface area contributed by atoms with Gasteiger partial charge in [-0.1, -0.05) is 0 Å². The van der Waals surface area contributed by atoms with Crippen molar-refractivity contribution in [2.45, 2.75) is 24.1 Å². The standard InChI is InChI=1S/C11H17FN5O12P3/c12-7-8(5-1-2-6-10(13)15-4-16-17(5)6)27-11(14,9(7)18)3-26-31(22,23)29-32(24,25)28-30(19,20)21/h1-2,4,7-9,18H,3,14H2,(H,22,23)(H,24,25)(H2,13,15,16)(H2,19,20,21)/t7-,8-,9-,11+/m0/s1. The fourth-order valence-electron chi connectivity index (χ4n) is 2.82. The van der Waals surface area contributed by atoms with Crippen LogP contribution in [-0.4, -0.2) is 63.9 Å². The van der Waals surface area contributed by atoms with Crippen molar-refractivity contribution < 1.29 is 60.6 Å². The summed E-state index contributed by atoms with van der Waals surface area (Å²) in [6, 6.07) is 2.80. The van der Waals surface area contributed by atoms with E-state index in [-0.39, 0.29) is 17.0 Å². The van der Waals surface area contributed by atoms with Crippen LogP contribution in [0.5, 0.6) is 0 Å². The number of rotatable bonds is 8. The molecule has 9 N–H and O–H groups in total. The summed E-state index contributed by atoms with van der Waals surface area (Å²) in [5, 5.41) is 14.1. The molecule has 17 nitrogen and oxygen atoms in total. The molecule has 0 saturated carbocycles. The van der Waals surface area contributed by atoms with Gasteiger partial charge in [0.15, 0.2) is 17.7 Å². The summed E-state index contributed by atoms with van der Waals surface area (Å²) in [6.07, 6.45) is -4.81. The molecule has 3 heterocycles. The molecule has 21 heteroatoms. The van der Waals surface area contributed by atoms with Gasteiger partial charge in [-0.2, -0.15) is 13.7 Å². The first kappa shape index (κ1) is 25.3. The summed E-state index contributed by atoms with van der Waals surface area (Å²) in [4.78, 5) is 39.4. The molecule has 2 aromatic heterocycles. The summed E-state index contributed by atoms with van der Waals surface area (Å²) in [7, 11) is -17.0. The lowest BCUT2D eigenvalue weighted by Crippen LogP contribution is -2.54. The number of aliphatic hydroxyl groups is 1. The van der Waals surface area contributed by atoms with Gasteiger partial charge in [0.2, 0.25) is 0 Å². The Labute approximate surface area is 177 Å². The van der Waals surface area contributed by atoms with Crippen molar-refractivity contribution in [2.24, 2.45) is 5.73 Å². The highest BCUT2D eigenvalue weighted by molar-refractivity contribution is 7.66. The Kier molecular flexibility index (Phi) is 6.67. The molecule has 0 bridgehead atoms. The molecule has 2 unspecified atom stereocenters. The zero-order chi connectivity index (χ0) is 24.1. The monoisotopic (exact) mass is 523 g/mol. The first-order chi connectivity index (χ1) is 14.5. The molecule has 2 aromatic rings. The average Bonchev–Trinajstić information content (AvgIpc) is 3.14. The van der Waals surface area contributed by atoms with Crippen molar-refractivity contribution in [2.75, 3.05) is 12.3 Å². The molecule has 1 fully saturated rings. The molecular formula is C11H17FN5O12P3. The molecule has 0 aromatic carbocycles. The van der Waals surface area contributed by atoms with Gasteiger partial charge in [0, 0.05) is 0 Å². The maximum atomic E-state index is 14.8. The molecule has 1 aliphatic heterocycles. The van der Waals surface area contributed by atoms with Crippen molar-refractivity contribution in [1.82, 2.24) is 14.6 Å². The number of fused-ring (bicyclic) bond motifs is 1. The van der Waals surface area contributed by atoms with E-state index in [1.165, 1.54) is 16.6 Å². The summed E-state index contributed by atoms with van der Waals surface area (Å²) in [5.74, 6) is 0.0619. The molecule has 1 aliphatic rings. The van der Waals surface area contributed by atoms with Crippen LogP contribution in [0, 0.1) is 0 Å². The van der Waals surface area contributed by atoms with Crippen molar-refractivity contribution >= 4 is 34.8 Å². The van der Waals surface area contributed by atoms with Crippen LogP contribution < -0.4 is 11.5 Å². The summed E-state index contributed by atoms with van der Waals surface area (Å²) < 4.78 is 66.5. The van der Waals surface area contributed by atoms with E-state index in [4.69, 9.17) is 30.9 Å². The summed E-state index contributed by atoms with van der Waals surface area (Å²) >= 11 is 0. The quantitative estimate of drug-likeness (QED) is 0.206. The third kappa shape index (κ3) is 5.40. The number of alkyl halides is 1. The Morgan fingerprint density at radius 1 is 1.19 bits per heavy atom. The van der Waals surface area contributed by atoms with E-state index in [2.05, 4.69) is 23.2 Å². The number of nitrogens with zero attached hydrogens (tertiary/aromatic N) is 3. The molecule has 6 atom stereocenters.